The molecule has 0 aliphatic rings. The SMILES string of the molecule is CCC(=O)COc1cncc([N+](=O)[O-])c1. The van der Waals surface area contributed by atoms with Crippen molar-refractivity contribution in [2.75, 3.05) is 6.61 Å². The Hall–Kier alpha value is -1.98. The molecule has 0 atom stereocenters. The highest BCUT2D eigenvalue weighted by atomic mass is 16.6. The molecule has 6 nitrogen and oxygen atoms in total. The highest BCUT2D eigenvalue weighted by Crippen LogP contribution is 2.16. The van der Waals surface area contributed by atoms with Crippen LogP contribution < -0.4 is 4.74 Å². The molecular weight excluding hydrogens is 200 g/mol. The first-order valence-corrected chi connectivity index (χ1v) is 4.37. The Kier molecular flexibility index (Phi) is 3.73. The van der Waals surface area contributed by atoms with Crippen LogP contribution >= 0.6 is 0 Å². The van der Waals surface area contributed by atoms with Gasteiger partial charge in [-0.15, -0.1) is 0 Å². The fourth-order valence-electron chi connectivity index (χ4n) is 0.852. The molecule has 15 heavy (non-hydrogen) atoms. The second-order valence-corrected chi connectivity index (χ2v) is 2.82. The quantitative estimate of drug-likeness (QED) is 0.541. The first-order chi connectivity index (χ1) is 7.13. The predicted octanol–water partition coefficient (Wildman–Crippen LogP) is 1.35. The Morgan fingerprint density at radius 2 is 2.33 bits per heavy atom. The molecule has 0 bridgehead atoms. The van der Waals surface area contributed by atoms with Gasteiger partial charge in [-0.25, -0.2) is 0 Å². The van der Waals surface area contributed by atoms with E-state index in [1.165, 1.54) is 12.3 Å². The van der Waals surface area contributed by atoms with Crippen molar-refractivity contribution in [2.45, 2.75) is 13.3 Å². The van der Waals surface area contributed by atoms with Crippen LogP contribution in [-0.2, 0) is 4.79 Å². The van der Waals surface area contributed by atoms with Crippen molar-refractivity contribution in [1.82, 2.24) is 4.98 Å². The minimum atomic E-state index is -0.568. The van der Waals surface area contributed by atoms with Crippen LogP contribution in [0.1, 0.15) is 13.3 Å². The maximum absolute atomic E-state index is 10.9. The van der Waals surface area contributed by atoms with Crippen molar-refractivity contribution in [1.29, 1.82) is 0 Å². The van der Waals surface area contributed by atoms with E-state index in [1.807, 2.05) is 0 Å². The van der Waals surface area contributed by atoms with Crippen molar-refractivity contribution >= 4 is 11.5 Å². The second kappa shape index (κ2) is 5.04. The van der Waals surface area contributed by atoms with E-state index in [0.29, 0.717) is 6.42 Å². The summed E-state index contributed by atoms with van der Waals surface area (Å²) in [5.74, 6) is 0.160. The average molecular weight is 210 g/mol. The number of pyridine rings is 1. The standard InChI is InChI=1S/C9H10N2O4/c1-2-8(12)6-15-9-3-7(11(13)14)4-10-5-9/h3-5H,2,6H2,1H3. The van der Waals surface area contributed by atoms with Crippen LogP contribution in [0.5, 0.6) is 5.75 Å². The van der Waals surface area contributed by atoms with E-state index in [2.05, 4.69) is 4.98 Å². The van der Waals surface area contributed by atoms with Crippen molar-refractivity contribution in [3.63, 3.8) is 0 Å². The molecule has 0 N–H and O–H groups in total. The van der Waals surface area contributed by atoms with Gasteiger partial charge in [-0.05, 0) is 0 Å². The summed E-state index contributed by atoms with van der Waals surface area (Å²) in [5, 5.41) is 10.4. The highest BCUT2D eigenvalue weighted by Gasteiger charge is 2.08. The van der Waals surface area contributed by atoms with Gasteiger partial charge < -0.3 is 4.74 Å². The monoisotopic (exact) mass is 210 g/mol. The van der Waals surface area contributed by atoms with E-state index < -0.39 is 4.92 Å². The number of nitro groups is 1. The van der Waals surface area contributed by atoms with Gasteiger partial charge >= 0.3 is 0 Å². The summed E-state index contributed by atoms with van der Waals surface area (Å²) >= 11 is 0. The van der Waals surface area contributed by atoms with E-state index in [-0.39, 0.29) is 23.8 Å². The van der Waals surface area contributed by atoms with Crippen LogP contribution in [0.4, 0.5) is 5.69 Å². The van der Waals surface area contributed by atoms with Gasteiger partial charge in [-0.2, -0.15) is 0 Å². The van der Waals surface area contributed by atoms with Crippen molar-refractivity contribution in [2.24, 2.45) is 0 Å². The van der Waals surface area contributed by atoms with Gasteiger partial charge in [0.1, 0.15) is 18.6 Å². The summed E-state index contributed by atoms with van der Waals surface area (Å²) < 4.78 is 5.03. The normalized spacial score (nSPS) is 9.67. The van der Waals surface area contributed by atoms with Crippen molar-refractivity contribution in [3.05, 3.63) is 28.6 Å². The van der Waals surface area contributed by atoms with Crippen LogP contribution in [-0.4, -0.2) is 22.3 Å². The van der Waals surface area contributed by atoms with Gasteiger partial charge in [0, 0.05) is 6.42 Å². The zero-order chi connectivity index (χ0) is 11.3. The average Bonchev–Trinajstić information content (AvgIpc) is 2.26. The molecule has 1 aromatic heterocycles. The lowest BCUT2D eigenvalue weighted by Crippen LogP contribution is -2.09. The molecule has 0 amide bonds. The van der Waals surface area contributed by atoms with Crippen LogP contribution in [0.3, 0.4) is 0 Å². The minimum Gasteiger partial charge on any atom is -0.484 e. The van der Waals surface area contributed by atoms with Gasteiger partial charge in [-0.3, -0.25) is 19.9 Å². The number of rotatable bonds is 5. The maximum Gasteiger partial charge on any atom is 0.291 e. The lowest BCUT2D eigenvalue weighted by atomic mass is 10.3. The van der Waals surface area contributed by atoms with E-state index >= 15 is 0 Å². The number of hydrogen-bond donors (Lipinski definition) is 0. The lowest BCUT2D eigenvalue weighted by Gasteiger charge is -2.02. The van der Waals surface area contributed by atoms with Crippen LogP contribution in [0.2, 0.25) is 0 Å². The molecule has 0 aromatic carbocycles. The van der Waals surface area contributed by atoms with E-state index in [4.69, 9.17) is 4.74 Å². The first kappa shape index (κ1) is 11.1. The third-order valence-electron chi connectivity index (χ3n) is 1.70. The topological polar surface area (TPSA) is 82.3 Å². The molecule has 0 saturated heterocycles. The van der Waals surface area contributed by atoms with Gasteiger partial charge in [0.05, 0.1) is 17.2 Å². The number of ether oxygens (including phenoxy) is 1. The Bertz CT molecular complexity index is 378. The molecule has 0 fully saturated rings. The molecule has 0 unspecified atom stereocenters. The number of nitrogens with zero attached hydrogens (tertiary/aromatic N) is 2. The van der Waals surface area contributed by atoms with Gasteiger partial charge in [0.15, 0.2) is 5.78 Å². The third-order valence-corrected chi connectivity index (χ3v) is 1.70. The summed E-state index contributed by atoms with van der Waals surface area (Å²) in [6.07, 6.45) is 2.83. The molecule has 6 heteroatoms. The molecule has 0 saturated carbocycles. The molecule has 0 radical (unpaired) electrons. The maximum atomic E-state index is 10.9. The van der Waals surface area contributed by atoms with Gasteiger partial charge in [0.2, 0.25) is 0 Å². The third kappa shape index (κ3) is 3.34. The smallest absolute Gasteiger partial charge is 0.291 e. The molecule has 0 aliphatic heterocycles. The van der Waals surface area contributed by atoms with Crippen LogP contribution in [0.15, 0.2) is 18.5 Å². The van der Waals surface area contributed by atoms with E-state index in [0.717, 1.165) is 6.20 Å². The van der Waals surface area contributed by atoms with Crippen molar-refractivity contribution in [3.8, 4) is 5.75 Å². The van der Waals surface area contributed by atoms with Crippen LogP contribution in [0.25, 0.3) is 0 Å². The number of ketones is 1. The first-order valence-electron chi connectivity index (χ1n) is 4.37. The van der Waals surface area contributed by atoms with E-state index in [1.54, 1.807) is 6.92 Å². The molecule has 1 aromatic rings. The Morgan fingerprint density at radius 1 is 1.60 bits per heavy atom. The van der Waals surface area contributed by atoms with Gasteiger partial charge in [0.25, 0.3) is 5.69 Å². The summed E-state index contributed by atoms with van der Waals surface area (Å²) in [5.41, 5.74) is -0.156. The minimum absolute atomic E-state index is 0.0680. The Morgan fingerprint density at radius 3 is 2.93 bits per heavy atom. The predicted molar refractivity (Wildman–Crippen MR) is 51.7 cm³/mol. The fraction of sp³-hybridized carbons (Fsp3) is 0.333. The number of aromatic nitrogens is 1. The Labute approximate surface area is 86.0 Å². The highest BCUT2D eigenvalue weighted by molar-refractivity contribution is 5.79. The Balaban J connectivity index is 2.66. The molecule has 1 rings (SSSR count). The zero-order valence-electron chi connectivity index (χ0n) is 8.17. The number of Topliss-reactive ketones (excluding diaryl/α,β-unsaturated/α-hetero) is 1. The van der Waals surface area contributed by atoms with Crippen LogP contribution in [0, 0.1) is 10.1 Å². The summed E-state index contributed by atoms with van der Waals surface area (Å²) in [6, 6.07) is 1.23. The molecule has 1 heterocycles. The number of hydrogen-bond acceptors (Lipinski definition) is 5. The van der Waals surface area contributed by atoms with E-state index in [9.17, 15) is 14.9 Å². The molecule has 80 valence electrons. The summed E-state index contributed by atoms with van der Waals surface area (Å²) in [6.45, 7) is 1.64. The number of carbonyl (C=O) groups is 1. The fourth-order valence-corrected chi connectivity index (χ4v) is 0.852. The zero-order valence-corrected chi connectivity index (χ0v) is 8.17. The van der Waals surface area contributed by atoms with Gasteiger partial charge in [-0.1, -0.05) is 6.92 Å². The summed E-state index contributed by atoms with van der Waals surface area (Å²) in [7, 11) is 0. The molecule has 0 aliphatic carbocycles. The second-order valence-electron chi connectivity index (χ2n) is 2.82. The summed E-state index contributed by atoms with van der Waals surface area (Å²) in [4.78, 5) is 24.4. The molecule has 0 spiro atoms. The van der Waals surface area contributed by atoms with Crippen molar-refractivity contribution < 1.29 is 14.5 Å². The molecular formula is C9H10N2O4. The largest absolute Gasteiger partial charge is 0.484 e. The lowest BCUT2D eigenvalue weighted by molar-refractivity contribution is -0.385. The number of carbonyl (C=O) groups excluding carboxylic acids is 1.